The van der Waals surface area contributed by atoms with Crippen molar-refractivity contribution in [3.05, 3.63) is 51.9 Å². The molecule has 1 aromatic carbocycles. The number of aromatic hydroxyl groups is 1. The molecule has 6 nitrogen and oxygen atoms in total. The molecule has 2 N–H and O–H groups in total. The van der Waals surface area contributed by atoms with E-state index in [0.29, 0.717) is 37.4 Å². The Balaban J connectivity index is 2.16. The van der Waals surface area contributed by atoms with Gasteiger partial charge in [0.05, 0.1) is 0 Å². The van der Waals surface area contributed by atoms with Gasteiger partial charge in [-0.25, -0.2) is 0 Å². The van der Waals surface area contributed by atoms with E-state index in [1.807, 2.05) is 35.2 Å². The largest absolute Gasteiger partial charge is 0.505 e. The van der Waals surface area contributed by atoms with Crippen LogP contribution in [0.5, 0.6) is 5.75 Å². The minimum Gasteiger partial charge on any atom is -0.505 e. The maximum atomic E-state index is 13.0. The summed E-state index contributed by atoms with van der Waals surface area (Å²) in [5.74, 6) is -0.580. The first-order valence-electron chi connectivity index (χ1n) is 10.7. The fourth-order valence-corrected chi connectivity index (χ4v) is 3.93. The Morgan fingerprint density at radius 3 is 2.45 bits per heavy atom. The Labute approximate surface area is 172 Å². The standard InChI is InChI=1S/C23H31N3O3/c1-3-5-13-18-20(26(14-4-2)17-11-7-6-8-12-17)21(27)19(22(28)24-18)23(29)25-15-9-10-16-25/h6-8,11-12H,3-5,9-10,13-16H2,1-2H3,(H2,24,27,28). The van der Waals surface area contributed by atoms with E-state index < -0.39 is 5.56 Å². The highest BCUT2D eigenvalue weighted by molar-refractivity contribution is 5.99. The average molecular weight is 398 g/mol. The van der Waals surface area contributed by atoms with E-state index >= 15 is 0 Å². The number of anilines is 2. The van der Waals surface area contributed by atoms with E-state index in [0.717, 1.165) is 37.8 Å². The number of hydrogen-bond donors (Lipinski definition) is 2. The van der Waals surface area contributed by atoms with E-state index in [9.17, 15) is 14.7 Å². The number of rotatable bonds is 8. The van der Waals surface area contributed by atoms with Gasteiger partial charge in [-0.3, -0.25) is 9.59 Å². The van der Waals surface area contributed by atoms with Gasteiger partial charge in [-0.1, -0.05) is 38.5 Å². The number of amides is 1. The number of nitrogens with one attached hydrogen (secondary N) is 1. The maximum Gasteiger partial charge on any atom is 0.264 e. The van der Waals surface area contributed by atoms with Crippen molar-refractivity contribution >= 4 is 17.3 Å². The van der Waals surface area contributed by atoms with Gasteiger partial charge in [0.2, 0.25) is 0 Å². The first-order valence-corrected chi connectivity index (χ1v) is 10.7. The lowest BCUT2D eigenvalue weighted by Crippen LogP contribution is -2.34. The molecule has 2 heterocycles. The molecule has 1 aliphatic rings. The Morgan fingerprint density at radius 1 is 1.14 bits per heavy atom. The molecule has 156 valence electrons. The SMILES string of the molecule is CCCCc1[nH]c(=O)c(C(=O)N2CCCC2)c(O)c1N(CCC)c1ccccc1. The number of hydrogen-bond acceptors (Lipinski definition) is 4. The van der Waals surface area contributed by atoms with Crippen molar-refractivity contribution in [1.29, 1.82) is 0 Å². The van der Waals surface area contributed by atoms with E-state index in [1.54, 1.807) is 4.90 Å². The van der Waals surface area contributed by atoms with Crippen LogP contribution < -0.4 is 10.5 Å². The topological polar surface area (TPSA) is 76.6 Å². The molecule has 29 heavy (non-hydrogen) atoms. The second-order valence-corrected chi connectivity index (χ2v) is 7.59. The number of H-pyrrole nitrogens is 1. The third-order valence-corrected chi connectivity index (χ3v) is 5.41. The Hall–Kier alpha value is -2.76. The fraction of sp³-hybridized carbons (Fsp3) is 0.478. The zero-order valence-electron chi connectivity index (χ0n) is 17.4. The third kappa shape index (κ3) is 4.47. The van der Waals surface area contributed by atoms with Crippen LogP contribution in [-0.4, -0.2) is 40.5 Å². The predicted molar refractivity (Wildman–Crippen MR) is 116 cm³/mol. The van der Waals surface area contributed by atoms with Gasteiger partial charge < -0.3 is 19.9 Å². The molecule has 1 fully saturated rings. The lowest BCUT2D eigenvalue weighted by Gasteiger charge is -2.28. The van der Waals surface area contributed by atoms with Crippen molar-refractivity contribution in [2.75, 3.05) is 24.5 Å². The minimum absolute atomic E-state index is 0.140. The number of carbonyl (C=O) groups excluding carboxylic acids is 1. The maximum absolute atomic E-state index is 13.0. The van der Waals surface area contributed by atoms with Gasteiger partial charge in [0.25, 0.3) is 11.5 Å². The molecule has 0 unspecified atom stereocenters. The Kier molecular flexibility index (Phi) is 6.96. The normalized spacial score (nSPS) is 13.7. The van der Waals surface area contributed by atoms with E-state index in [1.165, 1.54) is 0 Å². The van der Waals surface area contributed by atoms with Gasteiger partial charge in [-0.05, 0) is 44.2 Å². The predicted octanol–water partition coefficient (Wildman–Crippen LogP) is 4.21. The molecule has 0 aliphatic carbocycles. The molecule has 6 heteroatoms. The number of likely N-dealkylation sites (tertiary alicyclic amines) is 1. The van der Waals surface area contributed by atoms with Gasteiger partial charge in [-0.2, -0.15) is 0 Å². The first-order chi connectivity index (χ1) is 14.1. The van der Waals surface area contributed by atoms with E-state index in [2.05, 4.69) is 18.8 Å². The van der Waals surface area contributed by atoms with Crippen LogP contribution in [0.2, 0.25) is 0 Å². The molecular formula is C23H31N3O3. The second-order valence-electron chi connectivity index (χ2n) is 7.59. The smallest absolute Gasteiger partial charge is 0.264 e. The lowest BCUT2D eigenvalue weighted by molar-refractivity contribution is 0.0788. The zero-order valence-corrected chi connectivity index (χ0v) is 17.4. The van der Waals surface area contributed by atoms with Gasteiger partial charge in [0.15, 0.2) is 5.75 Å². The first kappa shape index (κ1) is 21.0. The molecule has 1 saturated heterocycles. The summed E-state index contributed by atoms with van der Waals surface area (Å²) in [6.45, 7) is 6.08. The summed E-state index contributed by atoms with van der Waals surface area (Å²) in [5, 5.41) is 11.2. The van der Waals surface area contributed by atoms with Crippen LogP contribution in [-0.2, 0) is 6.42 Å². The summed E-state index contributed by atoms with van der Waals surface area (Å²) >= 11 is 0. The lowest BCUT2D eigenvalue weighted by atomic mass is 10.1. The molecular weight excluding hydrogens is 366 g/mol. The summed E-state index contributed by atoms with van der Waals surface area (Å²) < 4.78 is 0. The van der Waals surface area contributed by atoms with Crippen molar-refractivity contribution in [1.82, 2.24) is 9.88 Å². The Bertz CT molecular complexity index is 886. The molecule has 2 aromatic rings. The number of pyridine rings is 1. The van der Waals surface area contributed by atoms with Crippen LogP contribution in [0.1, 0.15) is 62.0 Å². The van der Waals surface area contributed by atoms with Crippen LogP contribution in [0, 0.1) is 0 Å². The second kappa shape index (κ2) is 9.63. The van der Waals surface area contributed by atoms with Gasteiger partial charge in [-0.15, -0.1) is 0 Å². The van der Waals surface area contributed by atoms with Crippen LogP contribution in [0.4, 0.5) is 11.4 Å². The minimum atomic E-state index is -0.501. The van der Waals surface area contributed by atoms with Crippen LogP contribution >= 0.6 is 0 Å². The molecule has 1 aliphatic heterocycles. The molecule has 0 atom stereocenters. The monoisotopic (exact) mass is 397 g/mol. The number of carbonyl (C=O) groups is 1. The van der Waals surface area contributed by atoms with Gasteiger partial charge in [0.1, 0.15) is 11.3 Å². The number of nitrogens with zero attached hydrogens (tertiary/aromatic N) is 2. The van der Waals surface area contributed by atoms with Crippen molar-refractivity contribution in [3.63, 3.8) is 0 Å². The third-order valence-electron chi connectivity index (χ3n) is 5.41. The fourth-order valence-electron chi connectivity index (χ4n) is 3.93. The Morgan fingerprint density at radius 2 is 1.83 bits per heavy atom. The highest BCUT2D eigenvalue weighted by atomic mass is 16.3. The van der Waals surface area contributed by atoms with Gasteiger partial charge >= 0.3 is 0 Å². The highest BCUT2D eigenvalue weighted by Crippen LogP contribution is 2.38. The van der Waals surface area contributed by atoms with Crippen molar-refractivity contribution in [3.8, 4) is 5.75 Å². The number of unbranched alkanes of at least 4 members (excludes halogenated alkanes) is 1. The molecule has 1 aromatic heterocycles. The highest BCUT2D eigenvalue weighted by Gasteiger charge is 2.30. The number of aryl methyl sites for hydroxylation is 1. The molecule has 0 spiro atoms. The molecule has 0 bridgehead atoms. The zero-order chi connectivity index (χ0) is 20.8. The van der Waals surface area contributed by atoms with E-state index in [4.69, 9.17) is 0 Å². The van der Waals surface area contributed by atoms with Gasteiger partial charge in [0, 0.05) is 31.0 Å². The summed E-state index contributed by atoms with van der Waals surface area (Å²) in [4.78, 5) is 32.4. The van der Waals surface area contributed by atoms with Crippen molar-refractivity contribution < 1.29 is 9.90 Å². The number of benzene rings is 1. The molecule has 1 amide bonds. The summed E-state index contributed by atoms with van der Waals surface area (Å²) in [7, 11) is 0. The molecule has 0 radical (unpaired) electrons. The quantitative estimate of drug-likeness (QED) is 0.700. The number of para-hydroxylation sites is 1. The number of aromatic amines is 1. The van der Waals surface area contributed by atoms with Crippen LogP contribution in [0.3, 0.4) is 0 Å². The summed E-state index contributed by atoms with van der Waals surface area (Å²) in [6.07, 6.45) is 5.21. The van der Waals surface area contributed by atoms with Crippen LogP contribution in [0.25, 0.3) is 0 Å². The van der Waals surface area contributed by atoms with E-state index in [-0.39, 0.29) is 17.2 Å². The van der Waals surface area contributed by atoms with Crippen LogP contribution in [0.15, 0.2) is 35.1 Å². The van der Waals surface area contributed by atoms with Crippen molar-refractivity contribution in [2.45, 2.75) is 52.4 Å². The average Bonchev–Trinajstić information content (AvgIpc) is 3.26. The molecule has 3 rings (SSSR count). The number of aromatic nitrogens is 1. The summed E-state index contributed by atoms with van der Waals surface area (Å²) in [5.41, 5.74) is 1.52. The summed E-state index contributed by atoms with van der Waals surface area (Å²) in [6, 6.07) is 9.80. The van der Waals surface area contributed by atoms with Crippen molar-refractivity contribution in [2.24, 2.45) is 0 Å². The molecule has 0 saturated carbocycles.